The van der Waals surface area contributed by atoms with Crippen LogP contribution >= 0.6 is 0 Å². The highest BCUT2D eigenvalue weighted by molar-refractivity contribution is 6.06. The second kappa shape index (κ2) is 7.67. The molecule has 146 valence electrons. The van der Waals surface area contributed by atoms with Gasteiger partial charge in [-0.15, -0.1) is 0 Å². The minimum Gasteiger partial charge on any atom is -0.497 e. The van der Waals surface area contributed by atoms with E-state index in [1.165, 1.54) is 12.7 Å². The van der Waals surface area contributed by atoms with E-state index in [2.05, 4.69) is 28.3 Å². The number of aryl methyl sites for hydroxylation is 1. The first-order chi connectivity index (χ1) is 14.1. The molecule has 1 aromatic heterocycles. The fourth-order valence-electron chi connectivity index (χ4n) is 3.16. The number of hydrogen-bond acceptors (Lipinski definition) is 4. The fraction of sp³-hybridized carbons (Fsp3) is 0.130. The van der Waals surface area contributed by atoms with Crippen LogP contribution < -0.4 is 14.8 Å². The van der Waals surface area contributed by atoms with Gasteiger partial charge in [-0.05, 0) is 61.0 Å². The maximum absolute atomic E-state index is 12.6. The zero-order valence-corrected chi connectivity index (χ0v) is 16.4. The average molecular weight is 387 g/mol. The van der Waals surface area contributed by atoms with Gasteiger partial charge in [-0.25, -0.2) is 4.98 Å². The van der Waals surface area contributed by atoms with E-state index in [0.29, 0.717) is 22.7 Å². The Morgan fingerprint density at radius 3 is 2.48 bits per heavy atom. The van der Waals surface area contributed by atoms with E-state index >= 15 is 0 Å². The van der Waals surface area contributed by atoms with Gasteiger partial charge in [-0.1, -0.05) is 6.07 Å². The molecule has 0 aliphatic heterocycles. The molecule has 0 bridgehead atoms. The molecule has 3 aromatic carbocycles. The zero-order valence-electron chi connectivity index (χ0n) is 16.4. The van der Waals surface area contributed by atoms with E-state index in [-0.39, 0.29) is 5.91 Å². The van der Waals surface area contributed by atoms with Crippen LogP contribution in [0.25, 0.3) is 22.4 Å². The number of rotatable bonds is 5. The molecule has 0 atom stereocenters. The molecule has 0 radical (unpaired) electrons. The lowest BCUT2D eigenvalue weighted by atomic mass is 10.1. The number of aromatic nitrogens is 2. The highest BCUT2D eigenvalue weighted by atomic mass is 16.5. The maximum Gasteiger partial charge on any atom is 0.259 e. The number of imidazole rings is 1. The SMILES string of the molecule is COc1ccc(C(=O)Nc2ccc(-c3nc4ccc(C)cc4[nH]3)cc2)c(OC)c1. The second-order valence-electron chi connectivity index (χ2n) is 6.70. The molecule has 0 spiro atoms. The molecular weight excluding hydrogens is 366 g/mol. The number of carbonyl (C=O) groups is 1. The van der Waals surface area contributed by atoms with Gasteiger partial charge in [0.2, 0.25) is 0 Å². The summed E-state index contributed by atoms with van der Waals surface area (Å²) < 4.78 is 10.5. The molecule has 0 fully saturated rings. The van der Waals surface area contributed by atoms with Crippen LogP contribution in [0.1, 0.15) is 15.9 Å². The standard InChI is InChI=1S/C23H21N3O3/c1-14-4-11-19-20(12-14)26-22(25-19)15-5-7-16(8-6-15)24-23(27)18-10-9-17(28-2)13-21(18)29-3/h4-13H,1-3H3,(H,24,27)(H,25,26). The summed E-state index contributed by atoms with van der Waals surface area (Å²) in [6.45, 7) is 2.05. The quantitative estimate of drug-likeness (QED) is 0.515. The minimum atomic E-state index is -0.253. The number of nitrogens with zero attached hydrogens (tertiary/aromatic N) is 1. The van der Waals surface area contributed by atoms with E-state index in [9.17, 15) is 4.79 Å². The molecule has 0 aliphatic rings. The normalized spacial score (nSPS) is 10.7. The Morgan fingerprint density at radius 2 is 1.76 bits per heavy atom. The molecule has 0 saturated heterocycles. The minimum absolute atomic E-state index is 0.253. The van der Waals surface area contributed by atoms with Gasteiger partial charge in [0.1, 0.15) is 17.3 Å². The van der Waals surface area contributed by atoms with Crippen LogP contribution in [0.5, 0.6) is 11.5 Å². The Balaban J connectivity index is 1.54. The van der Waals surface area contributed by atoms with Crippen LogP contribution in [0.15, 0.2) is 60.7 Å². The molecule has 2 N–H and O–H groups in total. The van der Waals surface area contributed by atoms with Crippen LogP contribution in [0.3, 0.4) is 0 Å². The summed E-state index contributed by atoms with van der Waals surface area (Å²) in [5.74, 6) is 1.62. The Kier molecular flexibility index (Phi) is 4.91. The topological polar surface area (TPSA) is 76.2 Å². The van der Waals surface area contributed by atoms with E-state index < -0.39 is 0 Å². The number of hydrogen-bond donors (Lipinski definition) is 2. The molecule has 6 nitrogen and oxygen atoms in total. The summed E-state index contributed by atoms with van der Waals surface area (Å²) in [6.07, 6.45) is 0. The number of aromatic amines is 1. The summed E-state index contributed by atoms with van der Waals surface area (Å²) in [5, 5.41) is 2.89. The van der Waals surface area contributed by atoms with E-state index in [0.717, 1.165) is 22.4 Å². The number of nitrogens with one attached hydrogen (secondary N) is 2. The first-order valence-electron chi connectivity index (χ1n) is 9.17. The van der Waals surface area contributed by atoms with E-state index in [1.54, 1.807) is 25.3 Å². The highest BCUT2D eigenvalue weighted by Gasteiger charge is 2.14. The number of H-pyrrole nitrogens is 1. The van der Waals surface area contributed by atoms with Crippen molar-refractivity contribution in [3.63, 3.8) is 0 Å². The lowest BCUT2D eigenvalue weighted by Crippen LogP contribution is -2.13. The van der Waals surface area contributed by atoms with Gasteiger partial charge in [0.15, 0.2) is 0 Å². The number of fused-ring (bicyclic) bond motifs is 1. The first kappa shape index (κ1) is 18.6. The van der Waals surface area contributed by atoms with Gasteiger partial charge in [-0.2, -0.15) is 0 Å². The van der Waals surface area contributed by atoms with Gasteiger partial charge in [-0.3, -0.25) is 4.79 Å². The van der Waals surface area contributed by atoms with Crippen LogP contribution in [0, 0.1) is 6.92 Å². The third-order valence-electron chi connectivity index (χ3n) is 4.71. The molecule has 1 amide bonds. The van der Waals surface area contributed by atoms with Crippen molar-refractivity contribution in [1.29, 1.82) is 0 Å². The summed E-state index contributed by atoms with van der Waals surface area (Å²) in [4.78, 5) is 20.6. The third kappa shape index (κ3) is 3.78. The van der Waals surface area contributed by atoms with Gasteiger partial charge < -0.3 is 19.8 Å². The lowest BCUT2D eigenvalue weighted by molar-refractivity contribution is 0.102. The molecule has 0 saturated carbocycles. The van der Waals surface area contributed by atoms with Gasteiger partial charge in [0, 0.05) is 17.3 Å². The van der Waals surface area contributed by atoms with Crippen molar-refractivity contribution >= 4 is 22.6 Å². The molecule has 6 heteroatoms. The first-order valence-corrected chi connectivity index (χ1v) is 9.17. The predicted molar refractivity (Wildman–Crippen MR) is 114 cm³/mol. The number of methoxy groups -OCH3 is 2. The highest BCUT2D eigenvalue weighted by Crippen LogP contribution is 2.26. The van der Waals surface area contributed by atoms with Gasteiger partial charge >= 0.3 is 0 Å². The van der Waals surface area contributed by atoms with Gasteiger partial charge in [0.05, 0.1) is 30.8 Å². The Labute approximate surface area is 168 Å². The van der Waals surface area contributed by atoms with Crippen molar-refractivity contribution in [2.24, 2.45) is 0 Å². The van der Waals surface area contributed by atoms with Crippen LogP contribution in [0.4, 0.5) is 5.69 Å². The largest absolute Gasteiger partial charge is 0.497 e. The molecule has 1 heterocycles. The number of carbonyl (C=O) groups excluding carboxylic acids is 1. The van der Waals surface area contributed by atoms with E-state index in [1.807, 2.05) is 36.4 Å². The summed E-state index contributed by atoms with van der Waals surface area (Å²) in [7, 11) is 3.09. The molecule has 0 unspecified atom stereocenters. The van der Waals surface area contributed by atoms with Crippen molar-refractivity contribution in [3.8, 4) is 22.9 Å². The second-order valence-corrected chi connectivity index (χ2v) is 6.70. The fourth-order valence-corrected chi connectivity index (χ4v) is 3.16. The number of ether oxygens (including phenoxy) is 2. The smallest absolute Gasteiger partial charge is 0.259 e. The van der Waals surface area contributed by atoms with Crippen molar-refractivity contribution in [3.05, 3.63) is 71.8 Å². The summed E-state index contributed by atoms with van der Waals surface area (Å²) >= 11 is 0. The lowest BCUT2D eigenvalue weighted by Gasteiger charge is -2.11. The summed E-state index contributed by atoms with van der Waals surface area (Å²) in [6, 6.07) is 18.7. The number of benzene rings is 3. The predicted octanol–water partition coefficient (Wildman–Crippen LogP) is 4.81. The Hall–Kier alpha value is -3.80. The van der Waals surface area contributed by atoms with E-state index in [4.69, 9.17) is 9.47 Å². The van der Waals surface area contributed by atoms with Crippen molar-refractivity contribution in [2.75, 3.05) is 19.5 Å². The maximum atomic E-state index is 12.6. The number of amides is 1. The molecule has 4 aromatic rings. The van der Waals surface area contributed by atoms with Crippen LogP contribution in [-0.4, -0.2) is 30.1 Å². The van der Waals surface area contributed by atoms with Crippen LogP contribution in [0.2, 0.25) is 0 Å². The van der Waals surface area contributed by atoms with Crippen molar-refractivity contribution in [1.82, 2.24) is 9.97 Å². The van der Waals surface area contributed by atoms with Gasteiger partial charge in [0.25, 0.3) is 5.91 Å². The Bertz CT molecular complexity index is 1180. The molecule has 0 aliphatic carbocycles. The number of anilines is 1. The molecule has 29 heavy (non-hydrogen) atoms. The third-order valence-corrected chi connectivity index (χ3v) is 4.71. The Morgan fingerprint density at radius 1 is 0.966 bits per heavy atom. The van der Waals surface area contributed by atoms with Crippen molar-refractivity contribution < 1.29 is 14.3 Å². The zero-order chi connectivity index (χ0) is 20.4. The monoisotopic (exact) mass is 387 g/mol. The average Bonchev–Trinajstić information content (AvgIpc) is 3.16. The molecular formula is C23H21N3O3. The van der Waals surface area contributed by atoms with Crippen LogP contribution in [-0.2, 0) is 0 Å². The molecule has 4 rings (SSSR count). The van der Waals surface area contributed by atoms with Crippen molar-refractivity contribution in [2.45, 2.75) is 6.92 Å². The summed E-state index contributed by atoms with van der Waals surface area (Å²) in [5.41, 5.74) is 5.17.